The summed E-state index contributed by atoms with van der Waals surface area (Å²) in [6, 6.07) is 0. The molecular weight excluding hydrogens is 383 g/mol. The molecule has 2 aromatic heterocycles. The Hall–Kier alpha value is -0.760. The fraction of sp³-hybridized carbons (Fsp3) is 0.500. The van der Waals surface area contributed by atoms with Crippen molar-refractivity contribution in [1.82, 2.24) is 15.0 Å². The molecule has 2 aromatic rings. The van der Waals surface area contributed by atoms with Gasteiger partial charge in [-0.1, -0.05) is 12.8 Å². The van der Waals surface area contributed by atoms with Crippen LogP contribution in [0.15, 0.2) is 5.38 Å². The van der Waals surface area contributed by atoms with Gasteiger partial charge in [-0.3, -0.25) is 0 Å². The maximum atomic E-state index is 4.83. The van der Waals surface area contributed by atoms with Crippen LogP contribution in [0.3, 0.4) is 0 Å². The second-order valence-electron chi connectivity index (χ2n) is 5.08. The number of nitrogens with zero attached hydrogens (tertiary/aromatic N) is 3. The number of aromatic nitrogens is 3. The van der Waals surface area contributed by atoms with Crippen molar-refractivity contribution in [1.29, 1.82) is 0 Å². The maximum Gasteiger partial charge on any atom is 0.181 e. The van der Waals surface area contributed by atoms with Crippen molar-refractivity contribution >= 4 is 39.7 Å². The van der Waals surface area contributed by atoms with Crippen molar-refractivity contribution in [3.05, 3.63) is 19.7 Å². The summed E-state index contributed by atoms with van der Waals surface area (Å²) in [5, 5.41) is 6.28. The molecule has 2 heterocycles. The van der Waals surface area contributed by atoms with E-state index in [1.54, 1.807) is 11.3 Å². The average molecular weight is 400 g/mol. The molecule has 0 aromatic carbocycles. The summed E-state index contributed by atoms with van der Waals surface area (Å²) in [5.41, 5.74) is 2.09. The van der Waals surface area contributed by atoms with E-state index in [4.69, 9.17) is 4.98 Å². The number of aryl methyl sites for hydroxylation is 1. The Morgan fingerprint density at radius 3 is 2.60 bits per heavy atom. The van der Waals surface area contributed by atoms with Gasteiger partial charge in [-0.15, -0.1) is 11.3 Å². The maximum absolute atomic E-state index is 4.83. The van der Waals surface area contributed by atoms with Gasteiger partial charge in [-0.25, -0.2) is 15.0 Å². The normalized spacial score (nSPS) is 15.8. The molecule has 1 aliphatic carbocycles. The van der Waals surface area contributed by atoms with E-state index < -0.39 is 0 Å². The number of nitrogens with one attached hydrogen (secondary N) is 1. The zero-order chi connectivity index (χ0) is 14.1. The molecule has 0 aliphatic heterocycles. The summed E-state index contributed by atoms with van der Waals surface area (Å²) < 4.78 is 1.16. The number of thiazole rings is 1. The van der Waals surface area contributed by atoms with Gasteiger partial charge in [0.25, 0.3) is 0 Å². The second-order valence-corrected chi connectivity index (χ2v) is 7.22. The van der Waals surface area contributed by atoms with E-state index in [1.165, 1.54) is 31.4 Å². The van der Waals surface area contributed by atoms with Crippen LogP contribution in [-0.4, -0.2) is 22.0 Å². The highest BCUT2D eigenvalue weighted by molar-refractivity contribution is 14.1. The van der Waals surface area contributed by atoms with Gasteiger partial charge in [0.05, 0.1) is 14.3 Å². The largest absolute Gasteiger partial charge is 0.372 e. The third-order valence-electron chi connectivity index (χ3n) is 3.70. The molecule has 6 heteroatoms. The van der Waals surface area contributed by atoms with Crippen LogP contribution in [0, 0.1) is 10.5 Å². The first-order valence-electron chi connectivity index (χ1n) is 6.86. The van der Waals surface area contributed by atoms with E-state index >= 15 is 0 Å². The standard InChI is InChI=1S/C14H17IN4S/c1-8-17-10(7-20-8)13-18-12(9-5-3-4-6-9)11(15)14(16-2)19-13/h7,9H,3-6H2,1-2H3,(H,16,18,19). The van der Waals surface area contributed by atoms with Gasteiger partial charge in [0.2, 0.25) is 0 Å². The minimum absolute atomic E-state index is 0.579. The quantitative estimate of drug-likeness (QED) is 0.785. The summed E-state index contributed by atoms with van der Waals surface area (Å²) in [6.45, 7) is 2.01. The lowest BCUT2D eigenvalue weighted by Gasteiger charge is -2.14. The first-order valence-corrected chi connectivity index (χ1v) is 8.82. The van der Waals surface area contributed by atoms with E-state index in [1.807, 2.05) is 19.4 Å². The highest BCUT2D eigenvalue weighted by Gasteiger charge is 2.24. The molecule has 0 bridgehead atoms. The first kappa shape index (κ1) is 14.2. The lowest BCUT2D eigenvalue weighted by molar-refractivity contribution is 0.690. The first-order chi connectivity index (χ1) is 9.69. The Bertz CT molecular complexity index is 620. The van der Waals surface area contributed by atoms with E-state index in [0.29, 0.717) is 5.92 Å². The minimum Gasteiger partial charge on any atom is -0.372 e. The van der Waals surface area contributed by atoms with Crippen LogP contribution in [0.5, 0.6) is 0 Å². The Labute approximate surface area is 136 Å². The topological polar surface area (TPSA) is 50.7 Å². The molecule has 1 aliphatic rings. The van der Waals surface area contributed by atoms with E-state index in [0.717, 1.165) is 25.9 Å². The van der Waals surface area contributed by atoms with Crippen molar-refractivity contribution < 1.29 is 0 Å². The summed E-state index contributed by atoms with van der Waals surface area (Å²) in [4.78, 5) is 14.0. The molecule has 0 radical (unpaired) electrons. The van der Waals surface area contributed by atoms with E-state index in [-0.39, 0.29) is 0 Å². The lowest BCUT2D eigenvalue weighted by atomic mass is 10.0. The number of hydrogen-bond donors (Lipinski definition) is 1. The third-order valence-corrected chi connectivity index (χ3v) is 5.54. The van der Waals surface area contributed by atoms with Gasteiger partial charge in [0.1, 0.15) is 11.5 Å². The molecule has 0 atom stereocenters. The molecule has 20 heavy (non-hydrogen) atoms. The highest BCUT2D eigenvalue weighted by atomic mass is 127. The van der Waals surface area contributed by atoms with Gasteiger partial charge < -0.3 is 5.32 Å². The molecule has 1 saturated carbocycles. The number of rotatable bonds is 3. The van der Waals surface area contributed by atoms with Crippen molar-refractivity contribution in [2.75, 3.05) is 12.4 Å². The molecule has 3 rings (SSSR count). The lowest BCUT2D eigenvalue weighted by Crippen LogP contribution is -2.08. The summed E-state index contributed by atoms with van der Waals surface area (Å²) in [5.74, 6) is 2.25. The fourth-order valence-corrected chi connectivity index (χ4v) is 4.22. The predicted molar refractivity (Wildman–Crippen MR) is 91.3 cm³/mol. The van der Waals surface area contributed by atoms with Crippen LogP contribution in [0.2, 0.25) is 0 Å². The molecule has 106 valence electrons. The van der Waals surface area contributed by atoms with Crippen LogP contribution in [-0.2, 0) is 0 Å². The van der Waals surface area contributed by atoms with Crippen molar-refractivity contribution in [3.8, 4) is 11.5 Å². The Morgan fingerprint density at radius 1 is 1.25 bits per heavy atom. The molecule has 0 saturated heterocycles. The van der Waals surface area contributed by atoms with Crippen LogP contribution >= 0.6 is 33.9 Å². The second kappa shape index (κ2) is 5.93. The summed E-state index contributed by atoms with van der Waals surface area (Å²) in [6.07, 6.45) is 5.10. The monoisotopic (exact) mass is 400 g/mol. The number of anilines is 1. The Balaban J connectivity index is 2.09. The van der Waals surface area contributed by atoms with Crippen LogP contribution < -0.4 is 5.32 Å². The van der Waals surface area contributed by atoms with Crippen LogP contribution in [0.25, 0.3) is 11.5 Å². The van der Waals surface area contributed by atoms with E-state index in [9.17, 15) is 0 Å². The molecule has 0 unspecified atom stereocenters. The van der Waals surface area contributed by atoms with Gasteiger partial charge in [-0.05, 0) is 42.4 Å². The molecule has 0 spiro atoms. The molecule has 4 nitrogen and oxygen atoms in total. The van der Waals surface area contributed by atoms with Gasteiger partial charge in [0, 0.05) is 18.3 Å². The molecule has 1 N–H and O–H groups in total. The van der Waals surface area contributed by atoms with E-state index in [2.05, 4.69) is 37.9 Å². The van der Waals surface area contributed by atoms with Crippen molar-refractivity contribution in [2.45, 2.75) is 38.5 Å². The van der Waals surface area contributed by atoms with Crippen LogP contribution in [0.1, 0.15) is 42.3 Å². The minimum atomic E-state index is 0.579. The van der Waals surface area contributed by atoms with Gasteiger partial charge >= 0.3 is 0 Å². The fourth-order valence-electron chi connectivity index (χ4n) is 2.68. The van der Waals surface area contributed by atoms with Gasteiger partial charge in [0.15, 0.2) is 5.82 Å². The Kier molecular flexibility index (Phi) is 4.21. The van der Waals surface area contributed by atoms with Gasteiger partial charge in [-0.2, -0.15) is 0 Å². The third kappa shape index (κ3) is 2.67. The van der Waals surface area contributed by atoms with Crippen LogP contribution in [0.4, 0.5) is 5.82 Å². The SMILES string of the molecule is CNc1nc(-c2csc(C)n2)nc(C2CCCC2)c1I. The molecular formula is C14H17IN4S. The highest BCUT2D eigenvalue weighted by Crippen LogP contribution is 2.37. The number of halogens is 1. The molecule has 0 amide bonds. The van der Waals surface area contributed by atoms with Crippen molar-refractivity contribution in [3.63, 3.8) is 0 Å². The summed E-state index contributed by atoms with van der Waals surface area (Å²) in [7, 11) is 1.92. The predicted octanol–water partition coefficient (Wildman–Crippen LogP) is 4.21. The number of hydrogen-bond acceptors (Lipinski definition) is 5. The molecule has 1 fully saturated rings. The zero-order valence-corrected chi connectivity index (χ0v) is 14.6. The zero-order valence-electron chi connectivity index (χ0n) is 11.6. The van der Waals surface area contributed by atoms with Crippen molar-refractivity contribution in [2.24, 2.45) is 0 Å². The average Bonchev–Trinajstić information content (AvgIpc) is 3.10. The summed E-state index contributed by atoms with van der Waals surface area (Å²) >= 11 is 4.01. The smallest absolute Gasteiger partial charge is 0.181 e. The Morgan fingerprint density at radius 2 is 2.00 bits per heavy atom.